The van der Waals surface area contributed by atoms with Crippen molar-refractivity contribution in [3.05, 3.63) is 70.4 Å². The van der Waals surface area contributed by atoms with Crippen molar-refractivity contribution in [1.82, 2.24) is 9.88 Å². The van der Waals surface area contributed by atoms with Crippen LogP contribution in [0.25, 0.3) is 10.9 Å². The highest BCUT2D eigenvalue weighted by atomic mass is 35.5. The standard InChI is InChI=1S/C23H22ClN3O3/c1-14(22(28)25-16-7-5-6-15(24)12-16)30-23(29)21-17-8-3-4-9-19(17)26-20-10-11-27(2)13-18(20)21/h3-9,12,14H,10-11,13H2,1-2H3,(H,25,28). The summed E-state index contributed by atoms with van der Waals surface area (Å²) in [5.74, 6) is -0.941. The lowest BCUT2D eigenvalue weighted by atomic mass is 9.96. The molecule has 1 aromatic heterocycles. The Hall–Kier alpha value is -2.96. The van der Waals surface area contributed by atoms with Crippen LogP contribution in [0.5, 0.6) is 0 Å². The number of likely N-dealkylation sites (N-methyl/N-ethyl adjacent to an activating group) is 1. The van der Waals surface area contributed by atoms with Crippen molar-refractivity contribution in [3.63, 3.8) is 0 Å². The summed E-state index contributed by atoms with van der Waals surface area (Å²) >= 11 is 5.96. The van der Waals surface area contributed by atoms with Crippen molar-refractivity contribution >= 4 is 40.1 Å². The summed E-state index contributed by atoms with van der Waals surface area (Å²) in [7, 11) is 2.01. The summed E-state index contributed by atoms with van der Waals surface area (Å²) in [6.07, 6.45) is -0.206. The van der Waals surface area contributed by atoms with Gasteiger partial charge in [0.15, 0.2) is 6.10 Å². The summed E-state index contributed by atoms with van der Waals surface area (Å²) in [6, 6.07) is 14.3. The number of halogens is 1. The number of hydrogen-bond acceptors (Lipinski definition) is 5. The molecule has 7 heteroatoms. The maximum atomic E-state index is 13.2. The van der Waals surface area contributed by atoms with E-state index in [1.54, 1.807) is 31.2 Å². The molecule has 30 heavy (non-hydrogen) atoms. The number of aromatic nitrogens is 1. The van der Waals surface area contributed by atoms with E-state index in [-0.39, 0.29) is 0 Å². The number of anilines is 1. The number of amides is 1. The summed E-state index contributed by atoms with van der Waals surface area (Å²) in [5.41, 5.74) is 3.57. The molecule has 3 aromatic rings. The predicted octanol–water partition coefficient (Wildman–Crippen LogP) is 4.06. The average Bonchev–Trinajstić information content (AvgIpc) is 2.72. The van der Waals surface area contributed by atoms with Gasteiger partial charge in [-0.15, -0.1) is 0 Å². The number of esters is 1. The largest absolute Gasteiger partial charge is 0.449 e. The van der Waals surface area contributed by atoms with Crippen LogP contribution in [0.2, 0.25) is 5.02 Å². The fraction of sp³-hybridized carbons (Fsp3) is 0.261. The summed E-state index contributed by atoms with van der Waals surface area (Å²) in [5, 5.41) is 3.97. The Labute approximate surface area is 179 Å². The van der Waals surface area contributed by atoms with Crippen LogP contribution in [0.4, 0.5) is 5.69 Å². The van der Waals surface area contributed by atoms with Crippen molar-refractivity contribution in [3.8, 4) is 0 Å². The minimum absolute atomic E-state index is 0.421. The van der Waals surface area contributed by atoms with Crippen LogP contribution < -0.4 is 5.32 Å². The SMILES string of the molecule is CC(OC(=O)c1c2c(nc3ccccc13)CCN(C)C2)C(=O)Nc1cccc(Cl)c1. The molecule has 154 valence electrons. The summed E-state index contributed by atoms with van der Waals surface area (Å²) in [6.45, 7) is 3.05. The fourth-order valence-corrected chi connectivity index (χ4v) is 3.83. The monoisotopic (exact) mass is 423 g/mol. The molecule has 2 heterocycles. The Kier molecular flexibility index (Phi) is 5.70. The van der Waals surface area contributed by atoms with Crippen LogP contribution in [0.15, 0.2) is 48.5 Å². The van der Waals surface area contributed by atoms with E-state index in [0.29, 0.717) is 22.8 Å². The fourth-order valence-electron chi connectivity index (χ4n) is 3.64. The van der Waals surface area contributed by atoms with Crippen molar-refractivity contribution in [2.75, 3.05) is 18.9 Å². The molecule has 1 atom stereocenters. The molecule has 6 nitrogen and oxygen atoms in total. The zero-order chi connectivity index (χ0) is 21.3. The highest BCUT2D eigenvalue weighted by Crippen LogP contribution is 2.28. The first kappa shape index (κ1) is 20.3. The molecule has 1 aliphatic heterocycles. The highest BCUT2D eigenvalue weighted by Gasteiger charge is 2.27. The molecule has 0 fully saturated rings. The Bertz CT molecular complexity index is 1130. The zero-order valence-corrected chi connectivity index (χ0v) is 17.6. The molecule has 0 radical (unpaired) electrons. The highest BCUT2D eigenvalue weighted by molar-refractivity contribution is 6.30. The Morgan fingerprint density at radius 2 is 2.00 bits per heavy atom. The number of ether oxygens (including phenoxy) is 1. The summed E-state index contributed by atoms with van der Waals surface area (Å²) < 4.78 is 5.58. The molecule has 0 spiro atoms. The second kappa shape index (κ2) is 8.42. The van der Waals surface area contributed by atoms with Crippen LogP contribution in [-0.2, 0) is 22.5 Å². The molecule has 0 bridgehead atoms. The van der Waals surface area contributed by atoms with Crippen molar-refractivity contribution in [2.24, 2.45) is 0 Å². The van der Waals surface area contributed by atoms with E-state index >= 15 is 0 Å². The van der Waals surface area contributed by atoms with Crippen molar-refractivity contribution in [1.29, 1.82) is 0 Å². The molecule has 2 aromatic carbocycles. The first-order valence-electron chi connectivity index (χ1n) is 9.79. The van der Waals surface area contributed by atoms with Gasteiger partial charge in [0.2, 0.25) is 0 Å². The Morgan fingerprint density at radius 3 is 2.80 bits per heavy atom. The van der Waals surface area contributed by atoms with E-state index in [9.17, 15) is 9.59 Å². The first-order valence-corrected chi connectivity index (χ1v) is 10.2. The van der Waals surface area contributed by atoms with Crippen molar-refractivity contribution < 1.29 is 14.3 Å². The molecule has 1 unspecified atom stereocenters. The number of fused-ring (bicyclic) bond motifs is 2. The predicted molar refractivity (Wildman–Crippen MR) is 117 cm³/mol. The number of benzene rings is 2. The van der Waals surface area contributed by atoms with Gasteiger partial charge in [0.05, 0.1) is 11.1 Å². The van der Waals surface area contributed by atoms with Crippen LogP contribution >= 0.6 is 11.6 Å². The second-order valence-electron chi connectivity index (χ2n) is 7.46. The van der Waals surface area contributed by atoms with Gasteiger partial charge in [0.25, 0.3) is 5.91 Å². The van der Waals surface area contributed by atoms with Gasteiger partial charge in [-0.25, -0.2) is 4.79 Å². The number of hydrogen-bond donors (Lipinski definition) is 1. The lowest BCUT2D eigenvalue weighted by Crippen LogP contribution is -2.32. The molecule has 0 saturated heterocycles. The third-order valence-corrected chi connectivity index (χ3v) is 5.42. The maximum absolute atomic E-state index is 13.2. The van der Waals surface area contributed by atoms with Gasteiger partial charge in [-0.05, 0) is 38.2 Å². The summed E-state index contributed by atoms with van der Waals surface area (Å²) in [4.78, 5) is 32.6. The Morgan fingerprint density at radius 1 is 1.20 bits per heavy atom. The third kappa shape index (κ3) is 4.15. The zero-order valence-electron chi connectivity index (χ0n) is 16.8. The van der Waals surface area contributed by atoms with Gasteiger partial charge in [-0.1, -0.05) is 35.9 Å². The average molecular weight is 424 g/mol. The molecule has 0 saturated carbocycles. The number of para-hydroxylation sites is 1. The van der Waals surface area contributed by atoms with Crippen LogP contribution in [0.3, 0.4) is 0 Å². The number of rotatable bonds is 4. The smallest absolute Gasteiger partial charge is 0.339 e. The van der Waals surface area contributed by atoms with Crippen LogP contribution in [-0.4, -0.2) is 41.5 Å². The van der Waals surface area contributed by atoms with Gasteiger partial charge in [0, 0.05) is 46.9 Å². The van der Waals surface area contributed by atoms with Crippen molar-refractivity contribution in [2.45, 2.75) is 26.0 Å². The van der Waals surface area contributed by atoms with Gasteiger partial charge in [-0.2, -0.15) is 0 Å². The van der Waals surface area contributed by atoms with E-state index in [4.69, 9.17) is 21.3 Å². The third-order valence-electron chi connectivity index (χ3n) is 5.19. The normalized spacial score (nSPS) is 14.8. The number of carbonyl (C=O) groups is 2. The lowest BCUT2D eigenvalue weighted by molar-refractivity contribution is -0.123. The van der Waals surface area contributed by atoms with E-state index < -0.39 is 18.0 Å². The molecule has 1 aliphatic rings. The Balaban J connectivity index is 1.61. The van der Waals surface area contributed by atoms with Crippen LogP contribution in [0.1, 0.15) is 28.5 Å². The molecular formula is C23H22ClN3O3. The first-order chi connectivity index (χ1) is 14.4. The maximum Gasteiger partial charge on any atom is 0.339 e. The van der Waals surface area contributed by atoms with Gasteiger partial charge >= 0.3 is 5.97 Å². The minimum atomic E-state index is -0.972. The number of nitrogens with zero attached hydrogens (tertiary/aromatic N) is 2. The molecule has 4 rings (SSSR count). The van der Waals surface area contributed by atoms with E-state index in [1.165, 1.54) is 0 Å². The number of carbonyl (C=O) groups excluding carboxylic acids is 2. The van der Waals surface area contributed by atoms with E-state index in [0.717, 1.165) is 35.1 Å². The molecule has 0 aliphatic carbocycles. The minimum Gasteiger partial charge on any atom is -0.449 e. The number of pyridine rings is 1. The van der Waals surface area contributed by atoms with E-state index in [1.807, 2.05) is 31.3 Å². The quantitative estimate of drug-likeness (QED) is 0.641. The van der Waals surface area contributed by atoms with Gasteiger partial charge in [-0.3, -0.25) is 9.78 Å². The second-order valence-corrected chi connectivity index (χ2v) is 7.90. The molecule has 1 N–H and O–H groups in total. The van der Waals surface area contributed by atoms with Gasteiger partial charge in [0.1, 0.15) is 0 Å². The van der Waals surface area contributed by atoms with Crippen LogP contribution in [0, 0.1) is 0 Å². The van der Waals surface area contributed by atoms with E-state index in [2.05, 4.69) is 10.2 Å². The molecule has 1 amide bonds. The lowest BCUT2D eigenvalue weighted by Gasteiger charge is -2.27. The number of nitrogens with one attached hydrogen (secondary N) is 1. The van der Waals surface area contributed by atoms with Gasteiger partial charge < -0.3 is 15.0 Å². The topological polar surface area (TPSA) is 71.5 Å². The molecular weight excluding hydrogens is 402 g/mol.